The summed E-state index contributed by atoms with van der Waals surface area (Å²) in [4.78, 5) is 1.14. The SMILES string of the molecule is Cc1ccsc1C(C)Nc1ccc(C(F)(F)F)cc1Cl. The van der Waals surface area contributed by atoms with Gasteiger partial charge in [0.05, 0.1) is 22.3 Å². The Hall–Kier alpha value is -1.20. The maximum atomic E-state index is 12.6. The number of alkyl halides is 3. The number of aryl methyl sites for hydroxylation is 1. The normalized spacial score (nSPS) is 13.3. The Morgan fingerprint density at radius 1 is 1.25 bits per heavy atom. The molecule has 0 spiro atoms. The maximum absolute atomic E-state index is 12.6. The number of thiophene rings is 1. The number of hydrogen-bond donors (Lipinski definition) is 1. The Morgan fingerprint density at radius 3 is 2.45 bits per heavy atom. The van der Waals surface area contributed by atoms with E-state index < -0.39 is 11.7 Å². The predicted octanol–water partition coefficient (Wildman–Crippen LogP) is 5.90. The highest BCUT2D eigenvalue weighted by Crippen LogP contribution is 2.35. The molecular formula is C14H13ClF3NS. The van der Waals surface area contributed by atoms with Crippen molar-refractivity contribution in [2.45, 2.75) is 26.1 Å². The van der Waals surface area contributed by atoms with Gasteiger partial charge in [0.25, 0.3) is 0 Å². The smallest absolute Gasteiger partial charge is 0.376 e. The van der Waals surface area contributed by atoms with E-state index in [0.29, 0.717) is 5.69 Å². The van der Waals surface area contributed by atoms with E-state index >= 15 is 0 Å². The highest BCUT2D eigenvalue weighted by atomic mass is 35.5. The van der Waals surface area contributed by atoms with Crippen molar-refractivity contribution < 1.29 is 13.2 Å². The monoisotopic (exact) mass is 319 g/mol. The van der Waals surface area contributed by atoms with Crippen molar-refractivity contribution in [1.82, 2.24) is 0 Å². The number of anilines is 1. The highest BCUT2D eigenvalue weighted by molar-refractivity contribution is 7.10. The lowest BCUT2D eigenvalue weighted by Crippen LogP contribution is -2.08. The standard InChI is InChI=1S/C14H13ClF3NS/c1-8-5-6-20-13(8)9(2)19-12-4-3-10(7-11(12)15)14(16,17)18/h3-7,9,19H,1-2H3. The Balaban J connectivity index is 2.21. The summed E-state index contributed by atoms with van der Waals surface area (Å²) < 4.78 is 37.7. The quantitative estimate of drug-likeness (QED) is 0.742. The lowest BCUT2D eigenvalue weighted by molar-refractivity contribution is -0.137. The molecule has 1 aromatic carbocycles. The lowest BCUT2D eigenvalue weighted by Gasteiger charge is -2.17. The van der Waals surface area contributed by atoms with E-state index in [0.717, 1.165) is 22.6 Å². The van der Waals surface area contributed by atoms with Gasteiger partial charge in [-0.05, 0) is 49.1 Å². The van der Waals surface area contributed by atoms with Gasteiger partial charge in [0.2, 0.25) is 0 Å². The zero-order chi connectivity index (χ0) is 14.9. The number of nitrogens with one attached hydrogen (secondary N) is 1. The molecule has 20 heavy (non-hydrogen) atoms. The molecule has 1 aromatic heterocycles. The number of halogens is 4. The van der Waals surface area contributed by atoms with Crippen LogP contribution in [-0.4, -0.2) is 0 Å². The van der Waals surface area contributed by atoms with Crippen LogP contribution in [-0.2, 0) is 6.18 Å². The highest BCUT2D eigenvalue weighted by Gasteiger charge is 2.31. The van der Waals surface area contributed by atoms with Crippen molar-refractivity contribution in [3.8, 4) is 0 Å². The molecule has 0 saturated heterocycles. The summed E-state index contributed by atoms with van der Waals surface area (Å²) in [6.45, 7) is 3.95. The molecule has 1 unspecified atom stereocenters. The molecule has 0 aliphatic heterocycles. The zero-order valence-corrected chi connectivity index (χ0v) is 12.5. The van der Waals surface area contributed by atoms with Crippen molar-refractivity contribution in [3.63, 3.8) is 0 Å². The third-order valence-electron chi connectivity index (χ3n) is 2.96. The van der Waals surface area contributed by atoms with Crippen molar-refractivity contribution in [2.24, 2.45) is 0 Å². The molecule has 1 heterocycles. The predicted molar refractivity (Wildman–Crippen MR) is 77.5 cm³/mol. The summed E-state index contributed by atoms with van der Waals surface area (Å²) >= 11 is 7.53. The summed E-state index contributed by atoms with van der Waals surface area (Å²) in [5.74, 6) is 0. The Kier molecular flexibility index (Phi) is 4.30. The minimum absolute atomic E-state index is 0.00997. The fraction of sp³-hybridized carbons (Fsp3) is 0.286. The first-order chi connectivity index (χ1) is 9.29. The van der Waals surface area contributed by atoms with E-state index in [2.05, 4.69) is 5.32 Å². The Labute approximate surface area is 124 Å². The van der Waals surface area contributed by atoms with Gasteiger partial charge in [-0.1, -0.05) is 11.6 Å². The molecule has 2 aromatic rings. The van der Waals surface area contributed by atoms with E-state index in [1.165, 1.54) is 6.07 Å². The molecule has 1 N–H and O–H groups in total. The van der Waals surface area contributed by atoms with Crippen molar-refractivity contribution in [3.05, 3.63) is 50.7 Å². The van der Waals surface area contributed by atoms with Gasteiger partial charge in [0, 0.05) is 4.88 Å². The first-order valence-corrected chi connectivity index (χ1v) is 7.22. The van der Waals surface area contributed by atoms with Crippen LogP contribution in [0.25, 0.3) is 0 Å². The molecule has 0 saturated carbocycles. The fourth-order valence-electron chi connectivity index (χ4n) is 1.94. The third-order valence-corrected chi connectivity index (χ3v) is 4.48. The van der Waals surface area contributed by atoms with Crippen molar-refractivity contribution in [1.29, 1.82) is 0 Å². The minimum Gasteiger partial charge on any atom is -0.376 e. The van der Waals surface area contributed by atoms with Crippen LogP contribution in [0.1, 0.15) is 29.0 Å². The van der Waals surface area contributed by atoms with Crippen LogP contribution in [0.2, 0.25) is 5.02 Å². The second kappa shape index (κ2) is 5.66. The van der Waals surface area contributed by atoms with Gasteiger partial charge in [-0.25, -0.2) is 0 Å². The third kappa shape index (κ3) is 3.27. The zero-order valence-electron chi connectivity index (χ0n) is 10.9. The second-order valence-corrected chi connectivity index (χ2v) is 5.88. The van der Waals surface area contributed by atoms with Crippen molar-refractivity contribution >= 4 is 28.6 Å². The van der Waals surface area contributed by atoms with Gasteiger partial charge in [-0.15, -0.1) is 11.3 Å². The van der Waals surface area contributed by atoms with Gasteiger partial charge in [0.15, 0.2) is 0 Å². The molecular weight excluding hydrogens is 307 g/mol. The van der Waals surface area contributed by atoms with Crippen LogP contribution < -0.4 is 5.32 Å². The number of hydrogen-bond acceptors (Lipinski definition) is 2. The van der Waals surface area contributed by atoms with Crippen LogP contribution in [0.4, 0.5) is 18.9 Å². The molecule has 2 rings (SSSR count). The first-order valence-electron chi connectivity index (χ1n) is 5.96. The van der Waals surface area contributed by atoms with Gasteiger partial charge in [0.1, 0.15) is 0 Å². The lowest BCUT2D eigenvalue weighted by atomic mass is 10.1. The summed E-state index contributed by atoms with van der Waals surface area (Å²) in [6, 6.07) is 5.33. The molecule has 6 heteroatoms. The average Bonchev–Trinajstić information content (AvgIpc) is 2.76. The first kappa shape index (κ1) is 15.2. The topological polar surface area (TPSA) is 12.0 Å². The van der Waals surface area contributed by atoms with E-state index in [4.69, 9.17) is 11.6 Å². The van der Waals surface area contributed by atoms with Gasteiger partial charge in [-0.3, -0.25) is 0 Å². The number of benzene rings is 1. The van der Waals surface area contributed by atoms with E-state index in [9.17, 15) is 13.2 Å². The molecule has 0 aliphatic rings. The molecule has 0 bridgehead atoms. The molecule has 0 amide bonds. The molecule has 0 aliphatic carbocycles. The van der Waals surface area contributed by atoms with Crippen LogP contribution in [0.3, 0.4) is 0 Å². The molecule has 1 nitrogen and oxygen atoms in total. The molecule has 108 valence electrons. The Bertz CT molecular complexity index is 607. The largest absolute Gasteiger partial charge is 0.416 e. The molecule has 1 atom stereocenters. The van der Waals surface area contributed by atoms with Crippen molar-refractivity contribution in [2.75, 3.05) is 5.32 Å². The van der Waals surface area contributed by atoms with Crippen LogP contribution >= 0.6 is 22.9 Å². The van der Waals surface area contributed by atoms with E-state index in [1.807, 2.05) is 25.3 Å². The van der Waals surface area contributed by atoms with Crippen LogP contribution in [0.15, 0.2) is 29.6 Å². The fourth-order valence-corrected chi connectivity index (χ4v) is 3.11. The van der Waals surface area contributed by atoms with Gasteiger partial charge >= 0.3 is 6.18 Å². The summed E-state index contributed by atoms with van der Waals surface area (Å²) in [5, 5.41) is 5.20. The summed E-state index contributed by atoms with van der Waals surface area (Å²) in [5.41, 5.74) is 0.908. The van der Waals surface area contributed by atoms with Crippen LogP contribution in [0.5, 0.6) is 0 Å². The van der Waals surface area contributed by atoms with Gasteiger partial charge < -0.3 is 5.32 Å². The second-order valence-electron chi connectivity index (χ2n) is 4.53. The minimum atomic E-state index is -4.38. The maximum Gasteiger partial charge on any atom is 0.416 e. The van der Waals surface area contributed by atoms with Crippen LogP contribution in [0, 0.1) is 6.92 Å². The van der Waals surface area contributed by atoms with E-state index in [1.54, 1.807) is 11.3 Å². The molecule has 0 fully saturated rings. The Morgan fingerprint density at radius 2 is 1.95 bits per heavy atom. The summed E-state index contributed by atoms with van der Waals surface area (Å²) in [6.07, 6.45) is -4.38. The average molecular weight is 320 g/mol. The van der Waals surface area contributed by atoms with Gasteiger partial charge in [-0.2, -0.15) is 13.2 Å². The summed E-state index contributed by atoms with van der Waals surface area (Å²) in [7, 11) is 0. The van der Waals surface area contributed by atoms with E-state index in [-0.39, 0.29) is 11.1 Å². The number of rotatable bonds is 3. The molecule has 0 radical (unpaired) electrons.